The molecular weight excluding hydrogens is 467 g/mol. The number of anilines is 2. The molecule has 1 saturated heterocycles. The molecule has 0 saturated carbocycles. The summed E-state index contributed by atoms with van der Waals surface area (Å²) in [5, 5.41) is 9.96. The summed E-state index contributed by atoms with van der Waals surface area (Å²) in [6.07, 6.45) is -4.72. The third-order valence-corrected chi connectivity index (χ3v) is 7.21. The van der Waals surface area contributed by atoms with Gasteiger partial charge in [-0.3, -0.25) is 0 Å². The Morgan fingerprint density at radius 3 is 2.58 bits per heavy atom. The Morgan fingerprint density at radius 2 is 1.83 bits per heavy atom. The van der Waals surface area contributed by atoms with Crippen molar-refractivity contribution < 1.29 is 23.0 Å². The number of β-amino-alcohol motifs (C(OH)–C–C–N with tert-alkyl or cyclic N) is 1. The predicted molar refractivity (Wildman–Crippen MR) is 134 cm³/mol. The molecule has 0 radical (unpaired) electrons. The van der Waals surface area contributed by atoms with Gasteiger partial charge in [0.25, 0.3) is 0 Å². The number of aromatic nitrogens is 1. The first-order chi connectivity index (χ1) is 17.3. The third-order valence-electron chi connectivity index (χ3n) is 7.21. The molecule has 3 aromatic rings. The number of aliphatic hydroxyl groups is 1. The highest BCUT2D eigenvalue weighted by molar-refractivity contribution is 5.67. The lowest BCUT2D eigenvalue weighted by Gasteiger charge is -2.34. The molecule has 5 rings (SSSR count). The van der Waals surface area contributed by atoms with Crippen molar-refractivity contribution in [2.24, 2.45) is 0 Å². The van der Waals surface area contributed by atoms with Crippen LogP contribution in [0.4, 0.5) is 24.7 Å². The van der Waals surface area contributed by atoms with Crippen LogP contribution in [0.1, 0.15) is 22.3 Å². The number of halogens is 3. The standard InChI is InChI=1S/C28H30F3N3O2/c1-20-5-4-6-21(15-20)17-27(22-9-10-32-26(16-22)33-11-13-36-14-12-33)19-34(18-25(35)28(29,30)31)24-8-3-2-7-23(24)27/h2-10,15-16,25,35H,11-14,17-19H2,1H3/t25-,27?/m1/s1. The average Bonchev–Trinajstić information content (AvgIpc) is 3.18. The fourth-order valence-corrected chi connectivity index (χ4v) is 5.48. The van der Waals surface area contributed by atoms with Crippen molar-refractivity contribution in [1.82, 2.24) is 4.98 Å². The number of hydrogen-bond donors (Lipinski definition) is 1. The van der Waals surface area contributed by atoms with E-state index in [2.05, 4.69) is 28.1 Å². The first-order valence-electron chi connectivity index (χ1n) is 12.2. The SMILES string of the molecule is Cc1cccc(CC2(c3ccnc(N4CCOCC4)c3)CN(C[C@@H](O)C(F)(F)F)c3ccccc32)c1. The number of benzene rings is 2. The molecule has 1 N–H and O–H groups in total. The number of alkyl halides is 3. The number of ether oxygens (including phenoxy) is 1. The summed E-state index contributed by atoms with van der Waals surface area (Å²) in [5.41, 5.74) is 4.30. The Kier molecular flexibility index (Phi) is 6.66. The molecule has 1 fully saturated rings. The second-order valence-corrected chi connectivity index (χ2v) is 9.71. The monoisotopic (exact) mass is 497 g/mol. The van der Waals surface area contributed by atoms with E-state index in [0.29, 0.717) is 26.2 Å². The largest absolute Gasteiger partial charge is 0.416 e. The van der Waals surface area contributed by atoms with Gasteiger partial charge in [0, 0.05) is 36.9 Å². The number of fused-ring (bicyclic) bond motifs is 1. The van der Waals surface area contributed by atoms with E-state index in [1.54, 1.807) is 11.1 Å². The van der Waals surface area contributed by atoms with Gasteiger partial charge < -0.3 is 19.6 Å². The Hall–Kier alpha value is -3.10. The maximum atomic E-state index is 13.3. The van der Waals surface area contributed by atoms with Crippen LogP contribution < -0.4 is 9.80 Å². The molecule has 0 aliphatic carbocycles. The van der Waals surface area contributed by atoms with E-state index in [4.69, 9.17) is 4.74 Å². The number of morpholine rings is 1. The number of pyridine rings is 1. The molecule has 8 heteroatoms. The van der Waals surface area contributed by atoms with Crippen LogP contribution in [-0.4, -0.2) is 61.8 Å². The molecule has 1 unspecified atom stereocenters. The van der Waals surface area contributed by atoms with Crippen molar-refractivity contribution in [3.8, 4) is 0 Å². The molecular formula is C28H30F3N3O2. The normalized spacial score (nSPS) is 20.9. The maximum absolute atomic E-state index is 13.3. The molecule has 2 aliphatic rings. The van der Waals surface area contributed by atoms with E-state index < -0.39 is 24.2 Å². The van der Waals surface area contributed by atoms with E-state index in [1.807, 2.05) is 49.4 Å². The molecule has 1 aromatic heterocycles. The minimum atomic E-state index is -4.68. The summed E-state index contributed by atoms with van der Waals surface area (Å²) >= 11 is 0. The first-order valence-corrected chi connectivity index (χ1v) is 12.2. The lowest BCUT2D eigenvalue weighted by molar-refractivity contribution is -0.200. The van der Waals surface area contributed by atoms with Gasteiger partial charge in [0.1, 0.15) is 5.82 Å². The van der Waals surface area contributed by atoms with Crippen molar-refractivity contribution >= 4 is 11.5 Å². The van der Waals surface area contributed by atoms with Crippen molar-refractivity contribution in [1.29, 1.82) is 0 Å². The van der Waals surface area contributed by atoms with Gasteiger partial charge in [-0.05, 0) is 48.2 Å². The predicted octanol–water partition coefficient (Wildman–Crippen LogP) is 4.50. The average molecular weight is 498 g/mol. The van der Waals surface area contributed by atoms with Gasteiger partial charge in [-0.2, -0.15) is 13.2 Å². The van der Waals surface area contributed by atoms with Crippen LogP contribution in [-0.2, 0) is 16.6 Å². The number of aryl methyl sites for hydroxylation is 1. The molecule has 2 aromatic carbocycles. The molecule has 190 valence electrons. The Bertz CT molecular complexity index is 1210. The van der Waals surface area contributed by atoms with Crippen LogP contribution in [0.2, 0.25) is 0 Å². The Morgan fingerprint density at radius 1 is 1.06 bits per heavy atom. The van der Waals surface area contributed by atoms with Crippen molar-refractivity contribution in [3.05, 3.63) is 89.1 Å². The first kappa shape index (κ1) is 24.6. The molecule has 5 nitrogen and oxygen atoms in total. The highest BCUT2D eigenvalue weighted by Gasteiger charge is 2.47. The van der Waals surface area contributed by atoms with E-state index in [-0.39, 0.29) is 0 Å². The zero-order chi connectivity index (χ0) is 25.3. The van der Waals surface area contributed by atoms with Crippen LogP contribution in [0.5, 0.6) is 0 Å². The summed E-state index contributed by atoms with van der Waals surface area (Å²) in [6, 6.07) is 19.9. The van der Waals surface area contributed by atoms with Gasteiger partial charge in [-0.15, -0.1) is 0 Å². The van der Waals surface area contributed by atoms with Gasteiger partial charge in [0.2, 0.25) is 0 Å². The van der Waals surface area contributed by atoms with Crippen molar-refractivity contribution in [2.75, 3.05) is 49.2 Å². The van der Waals surface area contributed by atoms with Gasteiger partial charge >= 0.3 is 6.18 Å². The number of aliphatic hydroxyl groups excluding tert-OH is 1. The van der Waals surface area contributed by atoms with E-state index >= 15 is 0 Å². The van der Waals surface area contributed by atoms with Crippen LogP contribution in [0.15, 0.2) is 66.9 Å². The van der Waals surface area contributed by atoms with Gasteiger partial charge in [0.05, 0.1) is 19.8 Å². The van der Waals surface area contributed by atoms with Gasteiger partial charge in [0.15, 0.2) is 6.10 Å². The second-order valence-electron chi connectivity index (χ2n) is 9.71. The number of hydrogen-bond acceptors (Lipinski definition) is 5. The van der Waals surface area contributed by atoms with Gasteiger partial charge in [-0.25, -0.2) is 4.98 Å². The summed E-state index contributed by atoms with van der Waals surface area (Å²) in [5.74, 6) is 0.839. The van der Waals surface area contributed by atoms with Crippen LogP contribution in [0.3, 0.4) is 0 Å². The molecule has 2 aliphatic heterocycles. The smallest absolute Gasteiger partial charge is 0.382 e. The fraction of sp³-hybridized carbons (Fsp3) is 0.393. The molecule has 36 heavy (non-hydrogen) atoms. The fourth-order valence-electron chi connectivity index (χ4n) is 5.48. The second kappa shape index (κ2) is 9.75. The van der Waals surface area contributed by atoms with E-state index in [1.165, 1.54) is 0 Å². The molecule has 0 spiro atoms. The summed E-state index contributed by atoms with van der Waals surface area (Å²) < 4.78 is 45.5. The van der Waals surface area contributed by atoms with Crippen LogP contribution in [0.25, 0.3) is 0 Å². The lowest BCUT2D eigenvalue weighted by atomic mass is 9.72. The zero-order valence-corrected chi connectivity index (χ0v) is 20.2. The van der Waals surface area contributed by atoms with Crippen LogP contribution in [0, 0.1) is 6.92 Å². The molecule has 2 atom stereocenters. The Balaban J connectivity index is 1.61. The van der Waals surface area contributed by atoms with Crippen LogP contribution >= 0.6 is 0 Å². The summed E-state index contributed by atoms with van der Waals surface area (Å²) in [4.78, 5) is 8.47. The highest BCUT2D eigenvalue weighted by Crippen LogP contribution is 2.48. The minimum absolute atomic E-state index is 0.319. The highest BCUT2D eigenvalue weighted by atomic mass is 19.4. The summed E-state index contributed by atoms with van der Waals surface area (Å²) in [7, 11) is 0. The molecule has 0 bridgehead atoms. The Labute approximate surface area is 209 Å². The van der Waals surface area contributed by atoms with E-state index in [9.17, 15) is 18.3 Å². The van der Waals surface area contributed by atoms with Crippen molar-refractivity contribution in [2.45, 2.75) is 31.0 Å². The topological polar surface area (TPSA) is 48.8 Å². The minimum Gasteiger partial charge on any atom is -0.382 e. The quantitative estimate of drug-likeness (QED) is 0.544. The zero-order valence-electron chi connectivity index (χ0n) is 20.2. The number of nitrogens with zero attached hydrogens (tertiary/aromatic N) is 3. The molecule has 0 amide bonds. The maximum Gasteiger partial charge on any atom is 0.416 e. The third kappa shape index (κ3) is 4.80. The number of para-hydroxylation sites is 1. The number of rotatable bonds is 6. The van der Waals surface area contributed by atoms with Gasteiger partial charge in [-0.1, -0.05) is 48.0 Å². The summed E-state index contributed by atoms with van der Waals surface area (Å²) in [6.45, 7) is 4.58. The van der Waals surface area contributed by atoms with Crippen molar-refractivity contribution in [3.63, 3.8) is 0 Å². The van der Waals surface area contributed by atoms with E-state index in [0.717, 1.165) is 46.8 Å². The molecule has 3 heterocycles. The lowest BCUT2D eigenvalue weighted by Crippen LogP contribution is -2.44.